The van der Waals surface area contributed by atoms with Crippen LogP contribution in [0.5, 0.6) is 0 Å². The fourth-order valence-electron chi connectivity index (χ4n) is 2.34. The number of thiazole rings is 1. The van der Waals surface area contributed by atoms with E-state index in [1.54, 1.807) is 17.4 Å². The fraction of sp³-hybridized carbons (Fsp3) is 0.682. The molecule has 1 rings (SSSR count). The number of ether oxygens (including phenoxy) is 1. The summed E-state index contributed by atoms with van der Waals surface area (Å²) in [6, 6.07) is 0. The van der Waals surface area contributed by atoms with Gasteiger partial charge in [-0.1, -0.05) is 27.7 Å². The Bertz CT molecular complexity index is 694. The molecule has 7 heteroatoms. The predicted octanol–water partition coefficient (Wildman–Crippen LogP) is 6.13. The molecule has 0 saturated carbocycles. The maximum atomic E-state index is 14.3. The average molecular weight is 444 g/mol. The second-order valence-corrected chi connectivity index (χ2v) is 15.1. The lowest BCUT2D eigenvalue weighted by atomic mass is 10.1. The van der Waals surface area contributed by atoms with Crippen molar-refractivity contribution in [1.29, 1.82) is 0 Å². The van der Waals surface area contributed by atoms with E-state index in [4.69, 9.17) is 14.3 Å². The van der Waals surface area contributed by atoms with Crippen molar-refractivity contribution in [2.45, 2.75) is 72.2 Å². The molecule has 0 aliphatic rings. The third-order valence-electron chi connectivity index (χ3n) is 5.27. The molecule has 0 fully saturated rings. The van der Waals surface area contributed by atoms with Gasteiger partial charge in [-0.25, -0.2) is 9.37 Å². The Kier molecular flexibility index (Phi) is 10.4. The van der Waals surface area contributed by atoms with Gasteiger partial charge in [-0.15, -0.1) is 11.3 Å². The Morgan fingerprint density at radius 2 is 2.03 bits per heavy atom. The fourth-order valence-corrected chi connectivity index (χ4v) is 4.25. The number of nitrogens with zero attached hydrogens (tertiary/aromatic N) is 1. The van der Waals surface area contributed by atoms with E-state index in [0.29, 0.717) is 13.0 Å². The van der Waals surface area contributed by atoms with Crippen LogP contribution in [0.3, 0.4) is 0 Å². The summed E-state index contributed by atoms with van der Waals surface area (Å²) in [7, 11) is -2.03. The van der Waals surface area contributed by atoms with Crippen LogP contribution >= 0.6 is 11.3 Å². The molecule has 0 aliphatic carbocycles. The van der Waals surface area contributed by atoms with Crippen LogP contribution in [-0.4, -0.2) is 44.3 Å². The van der Waals surface area contributed by atoms with E-state index >= 15 is 0 Å². The molecule has 0 spiro atoms. The van der Waals surface area contributed by atoms with Crippen LogP contribution in [0.2, 0.25) is 18.1 Å². The molecule has 0 radical (unpaired) electrons. The molecule has 4 nitrogen and oxygen atoms in total. The molecular weight excluding hydrogens is 405 g/mol. The Morgan fingerprint density at radius 1 is 1.38 bits per heavy atom. The van der Waals surface area contributed by atoms with E-state index in [1.165, 1.54) is 0 Å². The van der Waals surface area contributed by atoms with Crippen LogP contribution in [0, 0.1) is 12.8 Å². The van der Waals surface area contributed by atoms with Crippen LogP contribution in [0.25, 0.3) is 6.08 Å². The first-order valence-corrected chi connectivity index (χ1v) is 14.0. The van der Waals surface area contributed by atoms with E-state index in [0.717, 1.165) is 16.3 Å². The zero-order valence-electron chi connectivity index (χ0n) is 19.2. The standard InChI is InChI=1S/C22H38FNO3SSi/c1-16(12-25)13-26-14-19(23)9-10-21(27-29(7,8)22(4,5)6)17(2)11-20-15-28-18(3)24-20/h9,11,15-16,21,25H,10,12-14H2,1-8H3/b17-11+,19-9+/t16-,21-/m0/s1. The van der Waals surface area contributed by atoms with E-state index in [9.17, 15) is 4.39 Å². The van der Waals surface area contributed by atoms with Crippen molar-refractivity contribution in [3.63, 3.8) is 0 Å². The maximum absolute atomic E-state index is 14.3. The van der Waals surface area contributed by atoms with Gasteiger partial charge < -0.3 is 14.3 Å². The highest BCUT2D eigenvalue weighted by molar-refractivity contribution is 7.09. The summed E-state index contributed by atoms with van der Waals surface area (Å²) in [5, 5.41) is 12.1. The number of aliphatic hydroxyl groups is 1. The van der Waals surface area contributed by atoms with E-state index < -0.39 is 8.32 Å². The van der Waals surface area contributed by atoms with E-state index in [1.807, 2.05) is 32.2 Å². The normalized spacial score (nSPS) is 16.2. The molecule has 0 unspecified atom stereocenters. The van der Waals surface area contributed by atoms with Gasteiger partial charge in [-0.2, -0.15) is 0 Å². The van der Waals surface area contributed by atoms with Gasteiger partial charge in [0.05, 0.1) is 30.0 Å². The van der Waals surface area contributed by atoms with E-state index in [-0.39, 0.29) is 36.1 Å². The lowest BCUT2D eigenvalue weighted by Crippen LogP contribution is -2.44. The molecule has 0 aromatic carbocycles. The molecule has 1 aromatic rings. The molecular formula is C22H38FNO3SSi. The summed E-state index contributed by atoms with van der Waals surface area (Å²) in [6.07, 6.45) is 3.83. The Hall–Kier alpha value is -0.863. The number of aromatic nitrogens is 1. The van der Waals surface area contributed by atoms with Gasteiger partial charge in [0.25, 0.3) is 0 Å². The Morgan fingerprint density at radius 3 is 2.55 bits per heavy atom. The number of aliphatic hydroxyl groups excluding tert-OH is 1. The first-order valence-electron chi connectivity index (χ1n) is 10.2. The third-order valence-corrected chi connectivity index (χ3v) is 10.5. The molecule has 29 heavy (non-hydrogen) atoms. The van der Waals surface area contributed by atoms with Gasteiger partial charge in [0.2, 0.25) is 0 Å². The Balaban J connectivity index is 2.92. The average Bonchev–Trinajstić information content (AvgIpc) is 3.01. The van der Waals surface area contributed by atoms with Gasteiger partial charge in [0.15, 0.2) is 8.32 Å². The van der Waals surface area contributed by atoms with Crippen LogP contribution < -0.4 is 0 Å². The molecule has 1 heterocycles. The second kappa shape index (κ2) is 11.5. The molecule has 0 saturated heterocycles. The second-order valence-electron chi connectivity index (χ2n) is 9.24. The van der Waals surface area contributed by atoms with Gasteiger partial charge in [0.1, 0.15) is 5.83 Å². The minimum Gasteiger partial charge on any atom is -0.410 e. The summed E-state index contributed by atoms with van der Waals surface area (Å²) < 4.78 is 26.2. The smallest absolute Gasteiger partial charge is 0.192 e. The summed E-state index contributed by atoms with van der Waals surface area (Å²) in [4.78, 5) is 4.51. The zero-order valence-corrected chi connectivity index (χ0v) is 21.0. The predicted molar refractivity (Wildman–Crippen MR) is 123 cm³/mol. The van der Waals surface area contributed by atoms with Gasteiger partial charge in [-0.05, 0) is 56.1 Å². The van der Waals surface area contributed by atoms with Crippen molar-refractivity contribution >= 4 is 25.7 Å². The number of hydrogen-bond donors (Lipinski definition) is 1. The van der Waals surface area contributed by atoms with Crippen LogP contribution in [0.4, 0.5) is 4.39 Å². The van der Waals surface area contributed by atoms with E-state index in [2.05, 4.69) is 38.8 Å². The number of halogens is 1. The van der Waals surface area contributed by atoms with Crippen LogP contribution in [-0.2, 0) is 9.16 Å². The molecule has 1 N–H and O–H groups in total. The molecule has 0 amide bonds. The monoisotopic (exact) mass is 443 g/mol. The summed E-state index contributed by atoms with van der Waals surface area (Å²) >= 11 is 1.61. The maximum Gasteiger partial charge on any atom is 0.192 e. The SMILES string of the molecule is C/C(=C\c1csc(C)n1)[C@H](C/C=C(/F)COC[C@@H](C)CO)O[Si](C)(C)C(C)(C)C. The number of aryl methyl sites for hydroxylation is 1. The van der Waals surface area contributed by atoms with Crippen LogP contribution in [0.1, 0.15) is 51.7 Å². The van der Waals surface area contributed by atoms with Crippen molar-refractivity contribution in [2.24, 2.45) is 5.92 Å². The quantitative estimate of drug-likeness (QED) is 0.418. The topological polar surface area (TPSA) is 51.6 Å². The zero-order chi connectivity index (χ0) is 22.2. The largest absolute Gasteiger partial charge is 0.410 e. The first kappa shape index (κ1) is 26.2. The van der Waals surface area contributed by atoms with Gasteiger partial charge >= 0.3 is 0 Å². The Labute approximate surface area is 181 Å². The highest BCUT2D eigenvalue weighted by atomic mass is 32.1. The number of hydrogen-bond acceptors (Lipinski definition) is 5. The highest BCUT2D eigenvalue weighted by Crippen LogP contribution is 2.38. The molecule has 166 valence electrons. The lowest BCUT2D eigenvalue weighted by Gasteiger charge is -2.39. The van der Waals surface area contributed by atoms with Crippen molar-refractivity contribution in [2.75, 3.05) is 19.8 Å². The molecule has 0 bridgehead atoms. The molecule has 2 atom stereocenters. The minimum absolute atomic E-state index is 0.00390. The highest BCUT2D eigenvalue weighted by Gasteiger charge is 2.39. The van der Waals surface area contributed by atoms with Crippen molar-refractivity contribution in [3.05, 3.63) is 33.6 Å². The van der Waals surface area contributed by atoms with Crippen molar-refractivity contribution < 1.29 is 18.7 Å². The molecule has 1 aromatic heterocycles. The number of rotatable bonds is 11. The third kappa shape index (κ3) is 9.21. The summed E-state index contributed by atoms with van der Waals surface area (Å²) in [5.41, 5.74) is 1.96. The summed E-state index contributed by atoms with van der Waals surface area (Å²) in [6.45, 7) is 17.2. The van der Waals surface area contributed by atoms with Gasteiger partial charge in [-0.3, -0.25) is 0 Å². The van der Waals surface area contributed by atoms with Gasteiger partial charge in [0, 0.05) is 17.9 Å². The van der Waals surface area contributed by atoms with Crippen molar-refractivity contribution in [3.8, 4) is 0 Å². The van der Waals surface area contributed by atoms with Crippen LogP contribution in [0.15, 0.2) is 22.9 Å². The summed E-state index contributed by atoms with van der Waals surface area (Å²) in [5.74, 6) is -0.305. The molecule has 0 aliphatic heterocycles. The minimum atomic E-state index is -2.03. The lowest BCUT2D eigenvalue weighted by molar-refractivity contribution is 0.0858. The van der Waals surface area contributed by atoms with Crippen molar-refractivity contribution in [1.82, 2.24) is 4.98 Å². The first-order chi connectivity index (χ1) is 13.4.